The van der Waals surface area contributed by atoms with Crippen molar-refractivity contribution in [1.82, 2.24) is 9.97 Å². The van der Waals surface area contributed by atoms with E-state index < -0.39 is 17.4 Å². The number of morpholine rings is 1. The maximum absolute atomic E-state index is 15.3. The molecule has 0 unspecified atom stereocenters. The van der Waals surface area contributed by atoms with Crippen LogP contribution in [0.25, 0.3) is 11.1 Å². The van der Waals surface area contributed by atoms with E-state index in [1.54, 1.807) is 36.4 Å². The van der Waals surface area contributed by atoms with E-state index in [9.17, 15) is 4.39 Å². The van der Waals surface area contributed by atoms with Crippen molar-refractivity contribution in [2.24, 2.45) is 10.7 Å². The maximum atomic E-state index is 15.3. The van der Waals surface area contributed by atoms with Crippen molar-refractivity contribution in [1.29, 1.82) is 0 Å². The number of hydrogen-bond donors (Lipinski definition) is 1. The first kappa shape index (κ1) is 20.9. The Balaban J connectivity index is 1.56. The van der Waals surface area contributed by atoms with Crippen molar-refractivity contribution >= 4 is 11.7 Å². The molecule has 8 nitrogen and oxygen atoms in total. The van der Waals surface area contributed by atoms with E-state index in [0.29, 0.717) is 60.1 Å². The number of hydrogen-bond acceptors (Lipinski definition) is 8. The molecule has 0 radical (unpaired) electrons. The molecule has 0 bridgehead atoms. The van der Waals surface area contributed by atoms with E-state index in [4.69, 9.17) is 24.9 Å². The Bertz CT molecular complexity index is 1310. The number of nitrogens with two attached hydrogens (primary N) is 1. The second-order valence-corrected chi connectivity index (χ2v) is 8.36. The van der Waals surface area contributed by atoms with Gasteiger partial charge < -0.3 is 24.8 Å². The summed E-state index contributed by atoms with van der Waals surface area (Å²) in [5.41, 5.74) is 6.92. The summed E-state index contributed by atoms with van der Waals surface area (Å²) >= 11 is 0. The minimum Gasteiger partial charge on any atom is -0.452 e. The van der Waals surface area contributed by atoms with Crippen LogP contribution in [0.15, 0.2) is 47.6 Å². The summed E-state index contributed by atoms with van der Waals surface area (Å²) in [5.74, 6) is -0.255. The number of pyridine rings is 2. The average molecular weight is 465 g/mol. The number of halogens is 2. The van der Waals surface area contributed by atoms with Crippen LogP contribution in [0.2, 0.25) is 0 Å². The van der Waals surface area contributed by atoms with Crippen LogP contribution in [0.3, 0.4) is 0 Å². The molecule has 1 saturated heterocycles. The van der Waals surface area contributed by atoms with Gasteiger partial charge in [0.1, 0.15) is 29.5 Å². The first-order chi connectivity index (χ1) is 16.5. The third-order valence-electron chi connectivity index (χ3n) is 6.30. The molecule has 0 amide bonds. The Labute approximate surface area is 194 Å². The van der Waals surface area contributed by atoms with Crippen molar-refractivity contribution in [3.05, 3.63) is 65.6 Å². The van der Waals surface area contributed by atoms with Gasteiger partial charge >= 0.3 is 0 Å². The zero-order valence-corrected chi connectivity index (χ0v) is 18.1. The van der Waals surface area contributed by atoms with Crippen molar-refractivity contribution < 1.29 is 23.0 Å². The zero-order valence-electron chi connectivity index (χ0n) is 18.1. The summed E-state index contributed by atoms with van der Waals surface area (Å²) in [6, 6.07) is 10.2. The summed E-state index contributed by atoms with van der Waals surface area (Å²) in [4.78, 5) is 14.6. The van der Waals surface area contributed by atoms with Gasteiger partial charge in [-0.2, -0.15) is 13.8 Å². The Morgan fingerprint density at radius 2 is 1.85 bits per heavy atom. The van der Waals surface area contributed by atoms with Gasteiger partial charge in [-0.15, -0.1) is 0 Å². The zero-order chi connectivity index (χ0) is 23.3. The second kappa shape index (κ2) is 8.00. The number of amidine groups is 1. The van der Waals surface area contributed by atoms with Crippen LogP contribution in [-0.4, -0.2) is 55.3 Å². The third-order valence-corrected chi connectivity index (χ3v) is 6.30. The maximum Gasteiger partial charge on any atom is 0.258 e. The highest BCUT2D eigenvalue weighted by molar-refractivity contribution is 5.84. The molecule has 2 N–H and O–H groups in total. The smallest absolute Gasteiger partial charge is 0.258 e. The minimum atomic E-state index is -1.18. The Morgan fingerprint density at radius 3 is 2.65 bits per heavy atom. The lowest BCUT2D eigenvalue weighted by Gasteiger charge is -2.40. The van der Waals surface area contributed by atoms with Gasteiger partial charge in [0.25, 0.3) is 5.95 Å². The molecule has 1 atom stereocenters. The molecule has 3 aromatic rings. The van der Waals surface area contributed by atoms with E-state index in [2.05, 4.69) is 9.97 Å². The molecule has 6 rings (SSSR count). The molecule has 2 aromatic heterocycles. The molecule has 0 aliphatic carbocycles. The quantitative estimate of drug-likeness (QED) is 0.582. The highest BCUT2D eigenvalue weighted by Crippen LogP contribution is 2.52. The number of rotatable bonds is 2. The van der Waals surface area contributed by atoms with Crippen molar-refractivity contribution in [2.45, 2.75) is 5.54 Å². The first-order valence-corrected chi connectivity index (χ1v) is 10.9. The van der Waals surface area contributed by atoms with Gasteiger partial charge in [-0.3, -0.25) is 4.99 Å². The van der Waals surface area contributed by atoms with E-state index in [1.165, 1.54) is 6.20 Å². The number of ether oxygens (including phenoxy) is 3. The molecule has 1 spiro atoms. The lowest BCUT2D eigenvalue weighted by Crippen LogP contribution is -2.43. The summed E-state index contributed by atoms with van der Waals surface area (Å²) in [6.07, 6.45) is 1.39. The summed E-state index contributed by atoms with van der Waals surface area (Å²) < 4.78 is 47.0. The van der Waals surface area contributed by atoms with Gasteiger partial charge in [0.2, 0.25) is 5.95 Å². The van der Waals surface area contributed by atoms with Crippen molar-refractivity contribution in [3.8, 4) is 22.6 Å². The Kier molecular flexibility index (Phi) is 4.93. The minimum absolute atomic E-state index is 0.0214. The van der Waals surface area contributed by atoms with Gasteiger partial charge in [0.05, 0.1) is 19.8 Å². The van der Waals surface area contributed by atoms with E-state index in [1.807, 2.05) is 4.90 Å². The van der Waals surface area contributed by atoms with E-state index in [-0.39, 0.29) is 24.8 Å². The first-order valence-electron chi connectivity index (χ1n) is 10.9. The fraction of sp³-hybridized carbons (Fsp3) is 0.292. The molecule has 5 heterocycles. The molecular formula is C24H21F2N5O3. The largest absolute Gasteiger partial charge is 0.452 e. The molecule has 1 aromatic carbocycles. The number of benzene rings is 1. The van der Waals surface area contributed by atoms with Crippen LogP contribution in [0.5, 0.6) is 11.5 Å². The topological polar surface area (TPSA) is 95.1 Å². The molecule has 34 heavy (non-hydrogen) atoms. The summed E-state index contributed by atoms with van der Waals surface area (Å²) in [5, 5.41) is 0. The van der Waals surface area contributed by atoms with Gasteiger partial charge in [0.15, 0.2) is 5.75 Å². The van der Waals surface area contributed by atoms with Gasteiger partial charge in [0, 0.05) is 36.0 Å². The van der Waals surface area contributed by atoms with Crippen LogP contribution >= 0.6 is 0 Å². The standard InChI is InChI=1S/C24H21F2N5O3/c25-22-15(2-1-5-28-22)14-3-4-18-16(10-14)24(13-33-12-19(27)30-24)17-11-20(29-23(26)21(17)34-18)31-6-8-32-9-7-31/h1-5,10-11H,6-9,12-13H2,(H2,27,30)/t24-/m0/s1. The lowest BCUT2D eigenvalue weighted by atomic mass is 9.80. The molecule has 3 aliphatic rings. The monoisotopic (exact) mass is 465 g/mol. The molecule has 0 saturated carbocycles. The molecule has 174 valence electrons. The molecule has 1 fully saturated rings. The van der Waals surface area contributed by atoms with Crippen LogP contribution in [0.4, 0.5) is 14.6 Å². The molecule has 10 heteroatoms. The van der Waals surface area contributed by atoms with Crippen LogP contribution in [0, 0.1) is 11.9 Å². The van der Waals surface area contributed by atoms with Gasteiger partial charge in [-0.05, 0) is 35.9 Å². The fourth-order valence-corrected chi connectivity index (χ4v) is 4.70. The highest BCUT2D eigenvalue weighted by atomic mass is 19.1. The normalized spacial score (nSPS) is 21.5. The Morgan fingerprint density at radius 1 is 1.00 bits per heavy atom. The van der Waals surface area contributed by atoms with E-state index in [0.717, 1.165) is 0 Å². The van der Waals surface area contributed by atoms with Crippen molar-refractivity contribution in [2.75, 3.05) is 44.4 Å². The predicted molar refractivity (Wildman–Crippen MR) is 120 cm³/mol. The summed E-state index contributed by atoms with van der Waals surface area (Å²) in [6.45, 7) is 2.50. The third kappa shape index (κ3) is 3.29. The Hall–Kier alpha value is -3.63. The predicted octanol–water partition coefficient (Wildman–Crippen LogP) is 3.00. The summed E-state index contributed by atoms with van der Waals surface area (Å²) in [7, 11) is 0. The van der Waals surface area contributed by atoms with Gasteiger partial charge in [-0.25, -0.2) is 4.98 Å². The van der Waals surface area contributed by atoms with Crippen LogP contribution in [0.1, 0.15) is 11.1 Å². The highest BCUT2D eigenvalue weighted by Gasteiger charge is 2.47. The number of nitrogens with zero attached hydrogens (tertiary/aromatic N) is 4. The number of aliphatic imine (C=N–C) groups is 1. The average Bonchev–Trinajstić information content (AvgIpc) is 2.86. The van der Waals surface area contributed by atoms with Crippen LogP contribution in [-0.2, 0) is 15.0 Å². The number of fused-ring (bicyclic) bond motifs is 4. The van der Waals surface area contributed by atoms with Crippen molar-refractivity contribution in [3.63, 3.8) is 0 Å². The van der Waals surface area contributed by atoms with Crippen LogP contribution < -0.4 is 15.4 Å². The molecular weight excluding hydrogens is 444 g/mol. The fourth-order valence-electron chi connectivity index (χ4n) is 4.70. The lowest BCUT2D eigenvalue weighted by molar-refractivity contribution is 0.109. The van der Waals surface area contributed by atoms with Gasteiger partial charge in [-0.1, -0.05) is 6.07 Å². The SMILES string of the molecule is NC1=N[C@@]2(COC1)c1cc(-c3cccnc3F)ccc1Oc1c2cc(N2CCOCC2)nc1F. The molecule has 3 aliphatic heterocycles. The van der Waals surface area contributed by atoms with E-state index >= 15 is 4.39 Å². The number of anilines is 1. The number of aromatic nitrogens is 2. The second-order valence-electron chi connectivity index (χ2n) is 8.36.